The van der Waals surface area contributed by atoms with E-state index < -0.39 is 23.8 Å². The van der Waals surface area contributed by atoms with Crippen LogP contribution in [0.2, 0.25) is 0 Å². The minimum atomic E-state index is -2.94. The van der Waals surface area contributed by atoms with Crippen LogP contribution in [0.3, 0.4) is 0 Å². The quantitative estimate of drug-likeness (QED) is 0.261. The minimum absolute atomic E-state index is 0.00269. The van der Waals surface area contributed by atoms with Gasteiger partial charge in [0, 0.05) is 18.2 Å². The fraction of sp³-hybridized carbons (Fsp3) is 0.241. The van der Waals surface area contributed by atoms with Crippen molar-refractivity contribution in [3.63, 3.8) is 0 Å². The van der Waals surface area contributed by atoms with Crippen LogP contribution >= 0.6 is 0 Å². The van der Waals surface area contributed by atoms with Gasteiger partial charge in [-0.3, -0.25) is 0 Å². The van der Waals surface area contributed by atoms with Crippen LogP contribution in [0, 0.1) is 22.7 Å². The van der Waals surface area contributed by atoms with Gasteiger partial charge in [-0.1, -0.05) is 24.3 Å². The van der Waals surface area contributed by atoms with Gasteiger partial charge in [-0.05, 0) is 60.9 Å². The summed E-state index contributed by atoms with van der Waals surface area (Å²) in [7, 11) is 0. The molecule has 0 saturated heterocycles. The number of ether oxygens (including phenoxy) is 3. The Morgan fingerprint density at radius 3 is 2.35 bits per heavy atom. The smallest absolute Gasteiger partial charge is 0.453 e. The van der Waals surface area contributed by atoms with Gasteiger partial charge in [-0.25, -0.2) is 9.59 Å². The van der Waals surface area contributed by atoms with Gasteiger partial charge in [-0.2, -0.15) is 10.5 Å². The number of aliphatic carboxylic acids is 2. The topological polar surface area (TPSA) is 182 Å². The second-order valence-electron chi connectivity index (χ2n) is 9.17. The number of aliphatic hydroxyl groups is 1. The van der Waals surface area contributed by atoms with Crippen LogP contribution in [0.4, 0.5) is 0 Å². The van der Waals surface area contributed by atoms with E-state index in [2.05, 4.69) is 11.4 Å². The van der Waals surface area contributed by atoms with Gasteiger partial charge < -0.3 is 34.8 Å². The summed E-state index contributed by atoms with van der Waals surface area (Å²) in [5.74, 6) is -6.23. The number of carboxylic acid groups (broad SMARTS) is 2. The highest BCUT2D eigenvalue weighted by molar-refractivity contribution is 6.02. The van der Waals surface area contributed by atoms with E-state index in [4.69, 9.17) is 19.5 Å². The fourth-order valence-corrected chi connectivity index (χ4v) is 4.25. The average molecular weight is 544 g/mol. The molecule has 0 spiro atoms. The van der Waals surface area contributed by atoms with Crippen LogP contribution in [0.25, 0.3) is 11.1 Å². The number of nitriles is 2. The molecule has 1 aliphatic heterocycles. The third kappa shape index (κ3) is 5.81. The number of nitrogens with one attached hydrogen (secondary N) is 1. The molecule has 2 unspecified atom stereocenters. The summed E-state index contributed by atoms with van der Waals surface area (Å²) >= 11 is 0. The summed E-state index contributed by atoms with van der Waals surface area (Å²) in [6.45, 7) is 2.06. The van der Waals surface area contributed by atoms with Crippen molar-refractivity contribution in [3.8, 4) is 40.5 Å². The van der Waals surface area contributed by atoms with Crippen molar-refractivity contribution < 1.29 is 39.1 Å². The first kappa shape index (κ1) is 27.9. The summed E-state index contributed by atoms with van der Waals surface area (Å²) in [5.41, 5.74) is 2.37. The third-order valence-corrected chi connectivity index (χ3v) is 6.18. The van der Waals surface area contributed by atoms with E-state index in [9.17, 15) is 30.2 Å². The maximum atomic E-state index is 11.8. The Kier molecular flexibility index (Phi) is 8.20. The van der Waals surface area contributed by atoms with Crippen molar-refractivity contribution in [2.24, 2.45) is 0 Å². The lowest BCUT2D eigenvalue weighted by Gasteiger charge is -2.20. The van der Waals surface area contributed by atoms with Crippen molar-refractivity contribution >= 4 is 11.9 Å². The lowest BCUT2D eigenvalue weighted by Crippen LogP contribution is -2.54. The number of carbonyl (C=O) groups is 2. The molecule has 0 fully saturated rings. The van der Waals surface area contributed by atoms with Gasteiger partial charge in [0.15, 0.2) is 11.5 Å². The molecule has 3 aromatic rings. The zero-order valence-electron chi connectivity index (χ0n) is 21.3. The van der Waals surface area contributed by atoms with Gasteiger partial charge in [0.1, 0.15) is 18.5 Å². The Balaban J connectivity index is 1.53. The van der Waals surface area contributed by atoms with Crippen molar-refractivity contribution in [3.05, 3.63) is 77.4 Å². The molecule has 0 amide bonds. The molecule has 3 aromatic carbocycles. The van der Waals surface area contributed by atoms with Crippen LogP contribution < -0.4 is 19.5 Å². The number of fused-ring (bicyclic) bond motifs is 1. The van der Waals surface area contributed by atoms with Crippen LogP contribution in [0.5, 0.6) is 17.2 Å². The predicted molar refractivity (Wildman–Crippen MR) is 140 cm³/mol. The Hall–Kier alpha value is -5.10. The normalized spacial score (nSPS) is 14.4. The van der Waals surface area contributed by atoms with Crippen molar-refractivity contribution in [1.82, 2.24) is 5.32 Å². The summed E-state index contributed by atoms with van der Waals surface area (Å²) in [4.78, 5) is 23.7. The van der Waals surface area contributed by atoms with E-state index in [1.54, 1.807) is 54.6 Å². The Morgan fingerprint density at radius 1 is 1.00 bits per heavy atom. The number of nitrogens with zero attached hydrogens (tertiary/aromatic N) is 2. The number of benzene rings is 3. The first-order valence-corrected chi connectivity index (χ1v) is 12.2. The number of carboxylic acids is 2. The molecular formula is C29H25N3O8. The molecule has 4 rings (SSSR count). The van der Waals surface area contributed by atoms with E-state index >= 15 is 0 Å². The molecule has 4 N–H and O–H groups in total. The highest BCUT2D eigenvalue weighted by Crippen LogP contribution is 2.48. The molecule has 0 bridgehead atoms. The SMILES string of the molecule is CC(Cc1ccc2c(c1-c1cccc(C#N)c1)OC(C(=O)O)(C(=O)O)O2)NCC(O)COc1cccc(C#N)c1. The third-order valence-electron chi connectivity index (χ3n) is 6.18. The maximum absolute atomic E-state index is 11.8. The zero-order chi connectivity index (χ0) is 28.9. The van der Waals surface area contributed by atoms with E-state index in [-0.39, 0.29) is 30.7 Å². The molecule has 40 heavy (non-hydrogen) atoms. The molecule has 1 aliphatic rings. The number of aliphatic hydroxyl groups excluding tert-OH is 1. The lowest BCUT2D eigenvalue weighted by atomic mass is 9.93. The van der Waals surface area contributed by atoms with Crippen molar-refractivity contribution in [2.75, 3.05) is 13.2 Å². The number of rotatable bonds is 11. The molecule has 0 aliphatic carbocycles. The molecular weight excluding hydrogens is 518 g/mol. The molecule has 0 aromatic heterocycles. The largest absolute Gasteiger partial charge is 0.491 e. The predicted octanol–water partition coefficient (Wildman–Crippen LogP) is 2.69. The summed E-state index contributed by atoms with van der Waals surface area (Å²) in [6.07, 6.45) is -0.489. The standard InChI is InChI=1S/C29H25N3O8/c1-17(32-15-22(33)16-38-23-7-3-5-19(12-23)14-31)10-21-8-9-24-26(40-29(39-24,27(34)35)28(36)37)25(21)20-6-2-4-18(11-20)13-30/h2-9,11-12,17,22,32-33H,10,15-16H2,1H3,(H,34,35)(H,36,37). The molecule has 1 heterocycles. The molecule has 11 heteroatoms. The Labute approximate surface area is 229 Å². The molecule has 11 nitrogen and oxygen atoms in total. The summed E-state index contributed by atoms with van der Waals surface area (Å²) in [5, 5.41) is 51.2. The first-order valence-electron chi connectivity index (χ1n) is 12.2. The minimum Gasteiger partial charge on any atom is -0.491 e. The number of hydrogen-bond acceptors (Lipinski definition) is 9. The molecule has 0 radical (unpaired) electrons. The second-order valence-corrected chi connectivity index (χ2v) is 9.17. The van der Waals surface area contributed by atoms with E-state index in [1.165, 1.54) is 6.07 Å². The number of hydrogen-bond donors (Lipinski definition) is 4. The highest BCUT2D eigenvalue weighted by atomic mass is 16.8. The van der Waals surface area contributed by atoms with Gasteiger partial charge in [-0.15, -0.1) is 0 Å². The highest BCUT2D eigenvalue weighted by Gasteiger charge is 2.58. The van der Waals surface area contributed by atoms with Gasteiger partial charge in [0.25, 0.3) is 0 Å². The summed E-state index contributed by atoms with van der Waals surface area (Å²) in [6, 6.07) is 20.1. The molecule has 2 atom stereocenters. The van der Waals surface area contributed by atoms with E-state index in [0.717, 1.165) is 0 Å². The Morgan fingerprint density at radius 2 is 1.68 bits per heavy atom. The maximum Gasteiger partial charge on any atom is 0.453 e. The van der Waals surface area contributed by atoms with Crippen molar-refractivity contribution in [1.29, 1.82) is 10.5 Å². The zero-order valence-corrected chi connectivity index (χ0v) is 21.3. The van der Waals surface area contributed by atoms with Gasteiger partial charge >= 0.3 is 17.7 Å². The monoisotopic (exact) mass is 543 g/mol. The van der Waals surface area contributed by atoms with Crippen molar-refractivity contribution in [2.45, 2.75) is 31.3 Å². The first-order chi connectivity index (χ1) is 19.2. The summed E-state index contributed by atoms with van der Waals surface area (Å²) < 4.78 is 16.3. The van der Waals surface area contributed by atoms with Gasteiger partial charge in [0.05, 0.1) is 23.3 Å². The average Bonchev–Trinajstić information content (AvgIpc) is 3.36. The second kappa shape index (κ2) is 11.7. The molecule has 204 valence electrons. The van der Waals surface area contributed by atoms with Crippen LogP contribution in [0.1, 0.15) is 23.6 Å². The van der Waals surface area contributed by atoms with Crippen LogP contribution in [-0.4, -0.2) is 58.3 Å². The van der Waals surface area contributed by atoms with Gasteiger partial charge in [0.2, 0.25) is 0 Å². The fourth-order valence-electron chi connectivity index (χ4n) is 4.25. The Bertz CT molecular complexity index is 1510. The lowest BCUT2D eigenvalue weighted by molar-refractivity contribution is -0.194. The van der Waals surface area contributed by atoms with E-state index in [1.807, 2.05) is 13.0 Å². The molecule has 0 saturated carbocycles. The van der Waals surface area contributed by atoms with E-state index in [0.29, 0.717) is 40.0 Å². The van der Waals surface area contributed by atoms with Crippen LogP contribution in [-0.2, 0) is 16.0 Å². The van der Waals surface area contributed by atoms with Crippen LogP contribution in [0.15, 0.2) is 60.7 Å².